The molecule has 1 aromatic heterocycles. The van der Waals surface area contributed by atoms with Gasteiger partial charge in [0.2, 0.25) is 0 Å². The highest BCUT2D eigenvalue weighted by molar-refractivity contribution is 9.10. The highest BCUT2D eigenvalue weighted by Crippen LogP contribution is 2.11. The highest BCUT2D eigenvalue weighted by Gasteiger charge is 2.11. The lowest BCUT2D eigenvalue weighted by atomic mass is 10.2. The summed E-state index contributed by atoms with van der Waals surface area (Å²) >= 11 is 3.27. The summed E-state index contributed by atoms with van der Waals surface area (Å²) < 4.78 is 5.77. The van der Waals surface area contributed by atoms with Crippen LogP contribution in [-0.2, 0) is 9.53 Å². The van der Waals surface area contributed by atoms with Crippen molar-refractivity contribution >= 4 is 33.6 Å². The van der Waals surface area contributed by atoms with Gasteiger partial charge in [0, 0.05) is 16.2 Å². The molecule has 0 aliphatic carbocycles. The number of nitrogens with one attached hydrogen (secondary N) is 2. The quantitative estimate of drug-likeness (QED) is 0.838. The van der Waals surface area contributed by atoms with Gasteiger partial charge in [-0.1, -0.05) is 15.9 Å². The zero-order chi connectivity index (χ0) is 14.5. The average Bonchev–Trinajstić information content (AvgIpc) is 2.82. The van der Waals surface area contributed by atoms with E-state index in [1.807, 2.05) is 6.92 Å². The number of aromatic nitrogens is 2. The summed E-state index contributed by atoms with van der Waals surface area (Å²) in [7, 11) is 0. The molecule has 0 aliphatic heterocycles. The predicted molar refractivity (Wildman–Crippen MR) is 76.4 cm³/mol. The van der Waals surface area contributed by atoms with Crippen molar-refractivity contribution in [1.82, 2.24) is 10.2 Å². The second-order valence-corrected chi connectivity index (χ2v) is 4.98. The van der Waals surface area contributed by atoms with Gasteiger partial charge in [-0.05, 0) is 31.2 Å². The zero-order valence-corrected chi connectivity index (χ0v) is 12.2. The van der Waals surface area contributed by atoms with Gasteiger partial charge >= 0.3 is 5.97 Å². The molecule has 0 spiro atoms. The van der Waals surface area contributed by atoms with Gasteiger partial charge in [-0.3, -0.25) is 9.89 Å². The summed E-state index contributed by atoms with van der Waals surface area (Å²) in [5.74, 6) is -0.597. The molecule has 2 N–H and O–H groups in total. The number of carbonyl (C=O) groups excluding carboxylic acids is 2. The van der Waals surface area contributed by atoms with Crippen LogP contribution >= 0.6 is 15.9 Å². The lowest BCUT2D eigenvalue weighted by Gasteiger charge is -2.04. The van der Waals surface area contributed by atoms with Gasteiger partial charge in [-0.2, -0.15) is 5.10 Å². The number of hydrogen-bond donors (Lipinski definition) is 2. The number of carbonyl (C=O) groups is 2. The van der Waals surface area contributed by atoms with Crippen molar-refractivity contribution in [3.05, 3.63) is 46.1 Å². The Bertz CT molecular complexity index is 622. The van der Waals surface area contributed by atoms with Crippen molar-refractivity contribution in [3.8, 4) is 0 Å². The van der Waals surface area contributed by atoms with Crippen LogP contribution in [0.1, 0.15) is 16.1 Å². The number of amides is 1. The molecule has 0 bridgehead atoms. The van der Waals surface area contributed by atoms with E-state index in [0.29, 0.717) is 11.4 Å². The van der Waals surface area contributed by atoms with Crippen LogP contribution < -0.4 is 5.32 Å². The van der Waals surface area contributed by atoms with Crippen molar-refractivity contribution in [2.24, 2.45) is 0 Å². The first-order valence-electron chi connectivity index (χ1n) is 5.79. The van der Waals surface area contributed by atoms with E-state index in [1.165, 1.54) is 0 Å². The van der Waals surface area contributed by atoms with Crippen LogP contribution in [0.2, 0.25) is 0 Å². The number of H-pyrrole nitrogens is 1. The van der Waals surface area contributed by atoms with Crippen molar-refractivity contribution in [3.63, 3.8) is 0 Å². The number of esters is 1. The zero-order valence-electron chi connectivity index (χ0n) is 10.6. The molecule has 0 unspecified atom stereocenters. The SMILES string of the molecule is Cc1cc(NC(=O)COC(=O)c2ccc(Br)cc2)n[nH]1. The first-order valence-corrected chi connectivity index (χ1v) is 6.58. The first-order chi connectivity index (χ1) is 9.54. The molecular weight excluding hydrogens is 326 g/mol. The molecule has 0 radical (unpaired) electrons. The maximum Gasteiger partial charge on any atom is 0.338 e. The van der Waals surface area contributed by atoms with E-state index >= 15 is 0 Å². The summed E-state index contributed by atoms with van der Waals surface area (Å²) in [6.07, 6.45) is 0. The second kappa shape index (κ2) is 6.33. The topological polar surface area (TPSA) is 84.1 Å². The number of rotatable bonds is 4. The van der Waals surface area contributed by atoms with Crippen LogP contribution in [0, 0.1) is 6.92 Å². The maximum absolute atomic E-state index is 11.7. The van der Waals surface area contributed by atoms with Crippen LogP contribution in [0.5, 0.6) is 0 Å². The minimum Gasteiger partial charge on any atom is -0.452 e. The number of hydrogen-bond acceptors (Lipinski definition) is 4. The van der Waals surface area contributed by atoms with E-state index in [9.17, 15) is 9.59 Å². The Kier molecular flexibility index (Phi) is 4.52. The number of benzene rings is 1. The van der Waals surface area contributed by atoms with E-state index in [0.717, 1.165) is 10.2 Å². The Morgan fingerprint density at radius 3 is 2.65 bits per heavy atom. The van der Waals surface area contributed by atoms with Crippen LogP contribution in [0.15, 0.2) is 34.8 Å². The van der Waals surface area contributed by atoms with Crippen LogP contribution in [0.4, 0.5) is 5.82 Å². The molecule has 1 heterocycles. The minimum absolute atomic E-state index is 0.360. The average molecular weight is 338 g/mol. The lowest BCUT2D eigenvalue weighted by Crippen LogP contribution is -2.21. The number of nitrogens with zero attached hydrogens (tertiary/aromatic N) is 1. The van der Waals surface area contributed by atoms with E-state index in [-0.39, 0.29) is 6.61 Å². The van der Waals surface area contributed by atoms with Crippen molar-refractivity contribution in [1.29, 1.82) is 0 Å². The molecule has 0 fully saturated rings. The van der Waals surface area contributed by atoms with Crippen LogP contribution in [0.3, 0.4) is 0 Å². The molecule has 0 atom stereocenters. The largest absolute Gasteiger partial charge is 0.452 e. The number of aromatic amines is 1. The maximum atomic E-state index is 11.7. The second-order valence-electron chi connectivity index (χ2n) is 4.07. The Morgan fingerprint density at radius 1 is 1.35 bits per heavy atom. The fourth-order valence-electron chi connectivity index (χ4n) is 1.46. The smallest absolute Gasteiger partial charge is 0.338 e. The standard InChI is InChI=1S/C13H12BrN3O3/c1-8-6-11(17-16-8)15-12(18)7-20-13(19)9-2-4-10(14)5-3-9/h2-6H,7H2,1H3,(H2,15,16,17,18). The van der Waals surface area contributed by atoms with Gasteiger partial charge in [-0.25, -0.2) is 4.79 Å². The lowest BCUT2D eigenvalue weighted by molar-refractivity contribution is -0.119. The molecule has 104 valence electrons. The highest BCUT2D eigenvalue weighted by atomic mass is 79.9. The van der Waals surface area contributed by atoms with Crippen molar-refractivity contribution in [2.75, 3.05) is 11.9 Å². The van der Waals surface area contributed by atoms with Gasteiger partial charge in [-0.15, -0.1) is 0 Å². The number of aryl methyl sites for hydroxylation is 1. The molecular formula is C13H12BrN3O3. The molecule has 0 saturated carbocycles. The van der Waals surface area contributed by atoms with Gasteiger partial charge in [0.15, 0.2) is 12.4 Å². The molecule has 2 aromatic rings. The minimum atomic E-state index is -0.550. The Labute approximate surface area is 123 Å². The van der Waals surface area contributed by atoms with E-state index < -0.39 is 11.9 Å². The molecule has 1 aromatic carbocycles. The Hall–Kier alpha value is -2.15. The predicted octanol–water partition coefficient (Wildman–Crippen LogP) is 2.28. The third kappa shape index (κ3) is 3.92. The monoisotopic (exact) mass is 337 g/mol. The number of halogens is 1. The Balaban J connectivity index is 1.84. The van der Waals surface area contributed by atoms with Crippen molar-refractivity contribution < 1.29 is 14.3 Å². The normalized spacial score (nSPS) is 10.1. The van der Waals surface area contributed by atoms with Gasteiger partial charge in [0.05, 0.1) is 5.56 Å². The van der Waals surface area contributed by atoms with E-state index in [1.54, 1.807) is 30.3 Å². The molecule has 0 aliphatic rings. The first kappa shape index (κ1) is 14.3. The summed E-state index contributed by atoms with van der Waals surface area (Å²) in [6, 6.07) is 8.35. The molecule has 1 amide bonds. The molecule has 0 saturated heterocycles. The summed E-state index contributed by atoms with van der Waals surface area (Å²) in [6.45, 7) is 1.46. The fourth-order valence-corrected chi connectivity index (χ4v) is 1.73. The molecule has 20 heavy (non-hydrogen) atoms. The summed E-state index contributed by atoms with van der Waals surface area (Å²) in [4.78, 5) is 23.2. The van der Waals surface area contributed by atoms with Gasteiger partial charge < -0.3 is 10.1 Å². The summed E-state index contributed by atoms with van der Waals surface area (Å²) in [5.41, 5.74) is 1.21. The van der Waals surface area contributed by atoms with E-state index in [2.05, 4.69) is 31.4 Å². The number of ether oxygens (including phenoxy) is 1. The third-order valence-electron chi connectivity index (χ3n) is 2.39. The van der Waals surface area contributed by atoms with Gasteiger partial charge in [0.25, 0.3) is 5.91 Å². The van der Waals surface area contributed by atoms with Crippen LogP contribution in [-0.4, -0.2) is 28.7 Å². The molecule has 7 heteroatoms. The van der Waals surface area contributed by atoms with Crippen molar-refractivity contribution in [2.45, 2.75) is 6.92 Å². The molecule has 2 rings (SSSR count). The fraction of sp³-hybridized carbons (Fsp3) is 0.154. The number of anilines is 1. The Morgan fingerprint density at radius 2 is 2.05 bits per heavy atom. The van der Waals surface area contributed by atoms with Gasteiger partial charge in [0.1, 0.15) is 0 Å². The third-order valence-corrected chi connectivity index (χ3v) is 2.92. The molecule has 6 nitrogen and oxygen atoms in total. The van der Waals surface area contributed by atoms with E-state index in [4.69, 9.17) is 4.74 Å². The van der Waals surface area contributed by atoms with Crippen LogP contribution in [0.25, 0.3) is 0 Å². The summed E-state index contributed by atoms with van der Waals surface area (Å²) in [5, 5.41) is 9.05.